The number of hydrogen-bond donors (Lipinski definition) is 3. The van der Waals surface area contributed by atoms with Crippen LogP contribution in [0.4, 0.5) is 18.9 Å². The summed E-state index contributed by atoms with van der Waals surface area (Å²) >= 11 is 11.9. The van der Waals surface area contributed by atoms with Crippen LogP contribution in [0.15, 0.2) is 36.4 Å². The highest BCUT2D eigenvalue weighted by atomic mass is 35.5. The molecule has 0 aliphatic carbocycles. The molecule has 0 saturated heterocycles. The van der Waals surface area contributed by atoms with E-state index in [9.17, 15) is 22.8 Å². The molecular formula is C21H22Cl2F3N3O3. The van der Waals surface area contributed by atoms with Gasteiger partial charge in [-0.1, -0.05) is 37.0 Å². The summed E-state index contributed by atoms with van der Waals surface area (Å²) in [4.78, 5) is 25.7. The molecule has 32 heavy (non-hydrogen) atoms. The number of nitrogens with one attached hydrogen (secondary N) is 2. The third-order valence-electron chi connectivity index (χ3n) is 4.35. The van der Waals surface area contributed by atoms with Gasteiger partial charge in [-0.15, -0.1) is 0 Å². The van der Waals surface area contributed by atoms with Crippen LogP contribution in [0.3, 0.4) is 0 Å². The molecule has 0 aromatic heterocycles. The average Bonchev–Trinajstić information content (AvgIpc) is 2.71. The second-order valence-corrected chi connectivity index (χ2v) is 8.00. The van der Waals surface area contributed by atoms with Gasteiger partial charge in [0.05, 0.1) is 21.8 Å². The Morgan fingerprint density at radius 3 is 2.38 bits per heavy atom. The molecule has 0 fully saturated rings. The zero-order chi connectivity index (χ0) is 24.1. The van der Waals surface area contributed by atoms with Crippen molar-refractivity contribution in [2.24, 2.45) is 11.7 Å². The van der Waals surface area contributed by atoms with Gasteiger partial charge in [-0.25, -0.2) is 0 Å². The number of carbonyl (C=O) groups excluding carboxylic acids is 2. The second kappa shape index (κ2) is 10.9. The van der Waals surface area contributed by atoms with Crippen LogP contribution in [0.2, 0.25) is 10.0 Å². The molecule has 2 rings (SSSR count). The van der Waals surface area contributed by atoms with Crippen molar-refractivity contribution in [2.45, 2.75) is 26.1 Å². The summed E-state index contributed by atoms with van der Waals surface area (Å²) in [6, 6.07) is 6.00. The molecule has 2 aromatic rings. The van der Waals surface area contributed by atoms with E-state index in [4.69, 9.17) is 33.7 Å². The van der Waals surface area contributed by atoms with Crippen molar-refractivity contribution in [2.75, 3.05) is 18.5 Å². The van der Waals surface area contributed by atoms with E-state index < -0.39 is 29.6 Å². The molecule has 0 heterocycles. The van der Waals surface area contributed by atoms with Gasteiger partial charge in [0.1, 0.15) is 18.4 Å². The molecule has 2 aromatic carbocycles. The molecule has 0 unspecified atom stereocenters. The number of amides is 2. The number of rotatable bonds is 8. The summed E-state index contributed by atoms with van der Waals surface area (Å²) in [6.07, 6.45) is -4.57. The molecule has 0 aliphatic heterocycles. The summed E-state index contributed by atoms with van der Waals surface area (Å²) in [7, 11) is 0. The fourth-order valence-corrected chi connectivity index (χ4v) is 3.13. The topological polar surface area (TPSA) is 93.4 Å². The number of anilines is 1. The first-order valence-electron chi connectivity index (χ1n) is 9.55. The summed E-state index contributed by atoms with van der Waals surface area (Å²) in [5.41, 5.74) is 4.58. The lowest BCUT2D eigenvalue weighted by molar-refractivity contribution is -0.137. The molecule has 174 valence electrons. The third-order valence-corrected chi connectivity index (χ3v) is 4.90. The van der Waals surface area contributed by atoms with Crippen molar-refractivity contribution in [3.8, 4) is 5.75 Å². The number of ether oxygens (including phenoxy) is 1. The third kappa shape index (κ3) is 6.75. The first-order chi connectivity index (χ1) is 14.9. The first-order valence-corrected chi connectivity index (χ1v) is 10.3. The van der Waals surface area contributed by atoms with Crippen LogP contribution < -0.4 is 21.1 Å². The highest BCUT2D eigenvalue weighted by Crippen LogP contribution is 2.34. The van der Waals surface area contributed by atoms with Crippen LogP contribution in [-0.2, 0) is 11.0 Å². The Morgan fingerprint density at radius 1 is 1.12 bits per heavy atom. The maximum absolute atomic E-state index is 12.9. The average molecular weight is 492 g/mol. The fourth-order valence-electron chi connectivity index (χ4n) is 2.73. The number of hydrogen-bond acceptors (Lipinski definition) is 4. The Morgan fingerprint density at radius 2 is 1.81 bits per heavy atom. The maximum Gasteiger partial charge on any atom is 0.416 e. The van der Waals surface area contributed by atoms with E-state index in [0.29, 0.717) is 6.07 Å². The Balaban J connectivity index is 2.22. The van der Waals surface area contributed by atoms with Crippen LogP contribution in [0.1, 0.15) is 29.8 Å². The van der Waals surface area contributed by atoms with Crippen LogP contribution in [0, 0.1) is 5.92 Å². The van der Waals surface area contributed by atoms with Gasteiger partial charge in [0.15, 0.2) is 0 Å². The summed E-state index contributed by atoms with van der Waals surface area (Å²) < 4.78 is 43.9. The van der Waals surface area contributed by atoms with Crippen LogP contribution in [0.25, 0.3) is 0 Å². The Hall–Kier alpha value is -2.49. The van der Waals surface area contributed by atoms with Gasteiger partial charge in [0.2, 0.25) is 5.91 Å². The van der Waals surface area contributed by atoms with Gasteiger partial charge < -0.3 is 21.1 Å². The number of benzene rings is 2. The fraction of sp³-hybridized carbons (Fsp3) is 0.333. The zero-order valence-electron chi connectivity index (χ0n) is 17.2. The number of nitrogens with two attached hydrogens (primary N) is 1. The van der Waals surface area contributed by atoms with Crippen LogP contribution >= 0.6 is 23.2 Å². The Labute approximate surface area is 193 Å². The minimum atomic E-state index is -4.57. The van der Waals surface area contributed by atoms with E-state index in [1.165, 1.54) is 12.1 Å². The van der Waals surface area contributed by atoms with E-state index in [-0.39, 0.29) is 46.1 Å². The number of halogens is 5. The van der Waals surface area contributed by atoms with Crippen molar-refractivity contribution in [1.82, 2.24) is 5.32 Å². The molecule has 2 amide bonds. The van der Waals surface area contributed by atoms with Crippen LogP contribution in [0.5, 0.6) is 5.75 Å². The molecule has 11 heteroatoms. The van der Waals surface area contributed by atoms with Gasteiger partial charge >= 0.3 is 6.18 Å². The van der Waals surface area contributed by atoms with E-state index in [1.807, 2.05) is 0 Å². The van der Waals surface area contributed by atoms with Crippen molar-refractivity contribution in [3.05, 3.63) is 57.6 Å². The minimum Gasteiger partial charge on any atom is -0.491 e. The van der Waals surface area contributed by atoms with Crippen LogP contribution in [-0.4, -0.2) is 31.0 Å². The highest BCUT2D eigenvalue weighted by Gasteiger charge is 2.31. The monoisotopic (exact) mass is 491 g/mol. The second-order valence-electron chi connectivity index (χ2n) is 7.15. The predicted molar refractivity (Wildman–Crippen MR) is 117 cm³/mol. The van der Waals surface area contributed by atoms with Crippen molar-refractivity contribution < 1.29 is 27.5 Å². The minimum absolute atomic E-state index is 0.0145. The maximum atomic E-state index is 12.9. The molecule has 4 N–H and O–H groups in total. The number of carbonyl (C=O) groups is 2. The molecule has 0 radical (unpaired) electrons. The normalized spacial score (nSPS) is 12.4. The smallest absolute Gasteiger partial charge is 0.416 e. The molecule has 0 aliphatic rings. The Bertz CT molecular complexity index is 984. The summed E-state index contributed by atoms with van der Waals surface area (Å²) in [5.74, 6) is -1.39. The summed E-state index contributed by atoms with van der Waals surface area (Å²) in [6.45, 7) is 3.79. The highest BCUT2D eigenvalue weighted by molar-refractivity contribution is 6.34. The van der Waals surface area contributed by atoms with E-state index >= 15 is 0 Å². The Kier molecular flexibility index (Phi) is 8.77. The van der Waals surface area contributed by atoms with Gasteiger partial charge in [0.25, 0.3) is 5.91 Å². The zero-order valence-corrected chi connectivity index (χ0v) is 18.7. The van der Waals surface area contributed by atoms with Crippen molar-refractivity contribution in [1.29, 1.82) is 0 Å². The SMILES string of the molecule is CC(C)[C@H](NC(=O)c1cc(Cl)ccc1OCCN)C(=O)Nc1ccc(C(F)(F)F)cc1Cl. The molecule has 6 nitrogen and oxygen atoms in total. The van der Waals surface area contributed by atoms with Gasteiger partial charge in [-0.2, -0.15) is 13.2 Å². The molecule has 0 spiro atoms. The van der Waals surface area contributed by atoms with E-state index in [1.54, 1.807) is 19.9 Å². The van der Waals surface area contributed by atoms with E-state index in [0.717, 1.165) is 12.1 Å². The molecule has 0 bridgehead atoms. The lowest BCUT2D eigenvalue weighted by atomic mass is 10.0. The summed E-state index contributed by atoms with van der Waals surface area (Å²) in [5, 5.41) is 5.07. The van der Waals surface area contributed by atoms with E-state index in [2.05, 4.69) is 10.6 Å². The van der Waals surface area contributed by atoms with Gasteiger partial charge in [0, 0.05) is 11.6 Å². The van der Waals surface area contributed by atoms with Crippen molar-refractivity contribution >= 4 is 40.7 Å². The van der Waals surface area contributed by atoms with Gasteiger partial charge in [-0.3, -0.25) is 9.59 Å². The molecule has 1 atom stereocenters. The lowest BCUT2D eigenvalue weighted by Gasteiger charge is -2.23. The lowest BCUT2D eigenvalue weighted by Crippen LogP contribution is -2.47. The standard InChI is InChI=1S/C21H22Cl2F3N3O3/c1-11(2)18(20(31)28-16-5-3-12(9-15(16)23)21(24,25)26)29-19(30)14-10-13(22)4-6-17(14)32-8-7-27/h3-6,9-11,18H,7-8,27H2,1-2H3,(H,28,31)(H,29,30)/t18-/m0/s1. The molecular weight excluding hydrogens is 470 g/mol. The molecule has 0 saturated carbocycles. The quantitative estimate of drug-likeness (QED) is 0.496. The first kappa shape index (κ1) is 25.8. The largest absolute Gasteiger partial charge is 0.491 e. The van der Waals surface area contributed by atoms with Gasteiger partial charge in [-0.05, 0) is 42.3 Å². The predicted octanol–water partition coefficient (Wildman–Crippen LogP) is 4.74. The van der Waals surface area contributed by atoms with Crippen molar-refractivity contribution in [3.63, 3.8) is 0 Å². The number of alkyl halides is 3.